The van der Waals surface area contributed by atoms with Gasteiger partial charge in [-0.3, -0.25) is 4.79 Å². The van der Waals surface area contributed by atoms with Gasteiger partial charge in [-0.25, -0.2) is 0 Å². The molecule has 1 aromatic carbocycles. The van der Waals surface area contributed by atoms with E-state index in [4.69, 9.17) is 14.6 Å². The fourth-order valence-corrected chi connectivity index (χ4v) is 2.34. The lowest BCUT2D eigenvalue weighted by Crippen LogP contribution is -2.21. The van der Waals surface area contributed by atoms with E-state index < -0.39 is 0 Å². The minimum Gasteiger partial charge on any atom is -0.493 e. The normalized spacial score (nSPS) is 10.8. The summed E-state index contributed by atoms with van der Waals surface area (Å²) in [6.45, 7) is 0.970. The standard InChI is InChI=1S/C19H29NO4/c1-23-17-11-9-16(15-18(17)24-2)10-12-19(22)20-13-7-5-3-4-6-8-14-21/h9-12,15,21H,3-8,13-14H2,1-2H3,(H,20,22)/b12-10+. The molecule has 1 aromatic rings. The van der Waals surface area contributed by atoms with Crippen LogP contribution in [0.5, 0.6) is 11.5 Å². The highest BCUT2D eigenvalue weighted by Gasteiger charge is 2.03. The number of hydrogen-bond acceptors (Lipinski definition) is 4. The van der Waals surface area contributed by atoms with Crippen LogP contribution >= 0.6 is 0 Å². The number of carbonyl (C=O) groups excluding carboxylic acids is 1. The summed E-state index contributed by atoms with van der Waals surface area (Å²) in [4.78, 5) is 11.8. The summed E-state index contributed by atoms with van der Waals surface area (Å²) >= 11 is 0. The Hall–Kier alpha value is -2.01. The minimum absolute atomic E-state index is 0.0925. The first-order valence-corrected chi connectivity index (χ1v) is 8.50. The van der Waals surface area contributed by atoms with Gasteiger partial charge in [-0.2, -0.15) is 0 Å². The Morgan fingerprint density at radius 1 is 1.04 bits per heavy atom. The maximum atomic E-state index is 11.8. The summed E-state index contributed by atoms with van der Waals surface area (Å²) < 4.78 is 10.4. The van der Waals surface area contributed by atoms with E-state index in [-0.39, 0.29) is 12.5 Å². The number of rotatable bonds is 12. The number of ether oxygens (including phenoxy) is 2. The number of benzene rings is 1. The van der Waals surface area contributed by atoms with E-state index in [2.05, 4.69) is 5.32 Å². The van der Waals surface area contributed by atoms with Crippen LogP contribution in [0.25, 0.3) is 6.08 Å². The van der Waals surface area contributed by atoms with Crippen molar-refractivity contribution in [2.75, 3.05) is 27.4 Å². The average molecular weight is 335 g/mol. The van der Waals surface area contributed by atoms with Gasteiger partial charge in [0.15, 0.2) is 11.5 Å². The molecule has 2 N–H and O–H groups in total. The SMILES string of the molecule is COc1ccc(/C=C/C(=O)NCCCCCCCCO)cc1OC. The first kappa shape index (κ1) is 20.0. The van der Waals surface area contributed by atoms with Crippen LogP contribution in [0, 0.1) is 0 Å². The summed E-state index contributed by atoms with van der Waals surface area (Å²) in [5.74, 6) is 1.21. The van der Waals surface area contributed by atoms with E-state index >= 15 is 0 Å². The molecule has 0 aromatic heterocycles. The monoisotopic (exact) mass is 335 g/mol. The average Bonchev–Trinajstić information content (AvgIpc) is 2.61. The molecule has 0 aliphatic rings. The second kappa shape index (κ2) is 12.4. The maximum Gasteiger partial charge on any atom is 0.243 e. The van der Waals surface area contributed by atoms with Crippen molar-refractivity contribution in [2.45, 2.75) is 38.5 Å². The molecule has 1 rings (SSSR count). The zero-order valence-electron chi connectivity index (χ0n) is 14.7. The van der Waals surface area contributed by atoms with E-state index in [0.717, 1.165) is 44.1 Å². The first-order chi connectivity index (χ1) is 11.7. The third-order valence-electron chi connectivity index (χ3n) is 3.72. The van der Waals surface area contributed by atoms with Crippen LogP contribution in [0.15, 0.2) is 24.3 Å². The molecule has 0 aliphatic carbocycles. The van der Waals surface area contributed by atoms with Crippen LogP contribution in [0.1, 0.15) is 44.1 Å². The predicted octanol–water partition coefficient (Wildman–Crippen LogP) is 3.17. The number of nitrogens with one attached hydrogen (secondary N) is 1. The maximum absolute atomic E-state index is 11.8. The van der Waals surface area contributed by atoms with Gasteiger partial charge in [0, 0.05) is 19.2 Å². The molecule has 5 nitrogen and oxygen atoms in total. The number of aliphatic hydroxyl groups is 1. The van der Waals surface area contributed by atoms with Crippen LogP contribution in [-0.4, -0.2) is 38.4 Å². The number of methoxy groups -OCH3 is 2. The Morgan fingerprint density at radius 3 is 2.38 bits per heavy atom. The van der Waals surface area contributed by atoms with Gasteiger partial charge in [0.1, 0.15) is 0 Å². The smallest absolute Gasteiger partial charge is 0.243 e. The van der Waals surface area contributed by atoms with Gasteiger partial charge < -0.3 is 19.9 Å². The van der Waals surface area contributed by atoms with Crippen molar-refractivity contribution >= 4 is 12.0 Å². The van der Waals surface area contributed by atoms with E-state index in [0.29, 0.717) is 18.0 Å². The van der Waals surface area contributed by atoms with Gasteiger partial charge in [-0.05, 0) is 36.6 Å². The molecule has 0 spiro atoms. The quantitative estimate of drug-likeness (QED) is 0.455. The van der Waals surface area contributed by atoms with E-state index in [1.807, 2.05) is 18.2 Å². The lowest BCUT2D eigenvalue weighted by atomic mass is 10.1. The summed E-state index contributed by atoms with van der Waals surface area (Å²) in [7, 11) is 3.18. The van der Waals surface area contributed by atoms with Crippen molar-refractivity contribution in [1.29, 1.82) is 0 Å². The second-order valence-electron chi connectivity index (χ2n) is 5.58. The van der Waals surface area contributed by atoms with E-state index in [1.165, 1.54) is 6.08 Å². The number of carbonyl (C=O) groups is 1. The number of hydrogen-bond donors (Lipinski definition) is 2. The zero-order valence-corrected chi connectivity index (χ0v) is 14.7. The van der Waals surface area contributed by atoms with Crippen LogP contribution in [0.4, 0.5) is 0 Å². The number of unbranched alkanes of at least 4 members (excludes halogenated alkanes) is 5. The molecule has 0 atom stereocenters. The molecule has 0 radical (unpaired) electrons. The summed E-state index contributed by atoms with van der Waals surface area (Å²) in [6, 6.07) is 5.51. The summed E-state index contributed by atoms with van der Waals surface area (Å²) in [6.07, 6.45) is 9.63. The van der Waals surface area contributed by atoms with Crippen LogP contribution in [0.2, 0.25) is 0 Å². The molecule has 0 fully saturated rings. The Kier molecular flexibility index (Phi) is 10.4. The molecule has 0 aliphatic heterocycles. The van der Waals surface area contributed by atoms with Crippen molar-refractivity contribution in [3.05, 3.63) is 29.8 Å². The molecule has 0 saturated carbocycles. The molecule has 0 bridgehead atoms. The van der Waals surface area contributed by atoms with Gasteiger partial charge in [0.25, 0.3) is 0 Å². The van der Waals surface area contributed by atoms with Crippen LogP contribution < -0.4 is 14.8 Å². The molecule has 0 saturated heterocycles. The second-order valence-corrected chi connectivity index (χ2v) is 5.58. The number of amides is 1. The molecular weight excluding hydrogens is 306 g/mol. The predicted molar refractivity (Wildman–Crippen MR) is 96.4 cm³/mol. The first-order valence-electron chi connectivity index (χ1n) is 8.50. The fourth-order valence-electron chi connectivity index (χ4n) is 2.34. The lowest BCUT2D eigenvalue weighted by Gasteiger charge is -2.07. The zero-order chi connectivity index (χ0) is 17.6. The fraction of sp³-hybridized carbons (Fsp3) is 0.526. The van der Waals surface area contributed by atoms with Gasteiger partial charge in [-0.15, -0.1) is 0 Å². The van der Waals surface area contributed by atoms with Crippen LogP contribution in [0.3, 0.4) is 0 Å². The van der Waals surface area contributed by atoms with Gasteiger partial charge >= 0.3 is 0 Å². The minimum atomic E-state index is -0.0925. The lowest BCUT2D eigenvalue weighted by molar-refractivity contribution is -0.116. The Morgan fingerprint density at radius 2 is 1.71 bits per heavy atom. The topological polar surface area (TPSA) is 67.8 Å². The van der Waals surface area contributed by atoms with Crippen molar-refractivity contribution < 1.29 is 19.4 Å². The van der Waals surface area contributed by atoms with E-state index in [1.54, 1.807) is 20.3 Å². The van der Waals surface area contributed by atoms with Crippen molar-refractivity contribution in [3.63, 3.8) is 0 Å². The van der Waals surface area contributed by atoms with E-state index in [9.17, 15) is 4.79 Å². The molecular formula is C19H29NO4. The van der Waals surface area contributed by atoms with Crippen molar-refractivity contribution in [2.24, 2.45) is 0 Å². The number of aliphatic hydroxyl groups excluding tert-OH is 1. The molecule has 24 heavy (non-hydrogen) atoms. The van der Waals surface area contributed by atoms with Crippen LogP contribution in [-0.2, 0) is 4.79 Å². The Balaban J connectivity index is 2.26. The largest absolute Gasteiger partial charge is 0.493 e. The van der Waals surface area contributed by atoms with Gasteiger partial charge in [-0.1, -0.05) is 31.7 Å². The third-order valence-corrected chi connectivity index (χ3v) is 3.72. The molecule has 134 valence electrons. The highest BCUT2D eigenvalue weighted by molar-refractivity contribution is 5.91. The highest BCUT2D eigenvalue weighted by atomic mass is 16.5. The van der Waals surface area contributed by atoms with Crippen molar-refractivity contribution in [1.82, 2.24) is 5.32 Å². The molecule has 0 heterocycles. The molecule has 1 amide bonds. The van der Waals surface area contributed by atoms with Gasteiger partial charge in [0.2, 0.25) is 5.91 Å². The summed E-state index contributed by atoms with van der Waals surface area (Å²) in [5.41, 5.74) is 0.881. The summed E-state index contributed by atoms with van der Waals surface area (Å²) in [5, 5.41) is 11.6. The molecule has 0 unspecified atom stereocenters. The van der Waals surface area contributed by atoms with Crippen molar-refractivity contribution in [3.8, 4) is 11.5 Å². The van der Waals surface area contributed by atoms with Gasteiger partial charge in [0.05, 0.1) is 14.2 Å². The highest BCUT2D eigenvalue weighted by Crippen LogP contribution is 2.27. The Labute approximate surface area is 144 Å². The Bertz CT molecular complexity index is 514. The third kappa shape index (κ3) is 8.02. The molecule has 5 heteroatoms.